The number of halogens is 3. The van der Waals surface area contributed by atoms with E-state index in [2.05, 4.69) is 50.3 Å². The van der Waals surface area contributed by atoms with Crippen molar-refractivity contribution in [1.29, 1.82) is 0 Å². The SMILES string of the molecule is Cn1c(-c2c(-c3cn(CCCN)c4ccccc34)ccc3[nH]cc(CNC=O)c23)c[nH]c1=O.O=C(O)C(F)(F)F. The third kappa shape index (κ3) is 5.50. The maximum atomic E-state index is 12.4. The molecule has 5 aromatic rings. The summed E-state index contributed by atoms with van der Waals surface area (Å²) in [5.74, 6) is -2.76. The van der Waals surface area contributed by atoms with Gasteiger partial charge in [-0.1, -0.05) is 24.3 Å². The van der Waals surface area contributed by atoms with E-state index in [1.165, 1.54) is 0 Å². The molecule has 0 aliphatic rings. The first-order chi connectivity index (χ1) is 19.1. The molecule has 0 unspecified atom stereocenters. The summed E-state index contributed by atoms with van der Waals surface area (Å²) in [5, 5.41) is 12.0. The lowest BCUT2D eigenvalue weighted by Gasteiger charge is -2.13. The lowest BCUT2D eigenvalue weighted by molar-refractivity contribution is -0.192. The Kier molecular flexibility index (Phi) is 8.14. The number of H-pyrrole nitrogens is 2. The Morgan fingerprint density at radius 1 is 1.12 bits per heavy atom. The molecule has 0 saturated carbocycles. The molecule has 0 bridgehead atoms. The number of alkyl halides is 3. The Labute approximate surface area is 225 Å². The number of nitrogens with one attached hydrogen (secondary N) is 3. The predicted octanol–water partition coefficient (Wildman–Crippen LogP) is 3.71. The number of amides is 1. The third-order valence-corrected chi connectivity index (χ3v) is 6.48. The molecule has 13 heteroatoms. The number of carbonyl (C=O) groups excluding carboxylic acids is 1. The molecule has 1 amide bonds. The highest BCUT2D eigenvalue weighted by atomic mass is 19.4. The van der Waals surface area contributed by atoms with Crippen LogP contribution in [0.25, 0.3) is 44.2 Å². The van der Waals surface area contributed by atoms with Crippen molar-refractivity contribution >= 4 is 34.2 Å². The zero-order valence-electron chi connectivity index (χ0n) is 21.4. The monoisotopic (exact) mass is 556 g/mol. The number of nitrogens with zero attached hydrogens (tertiary/aromatic N) is 2. The van der Waals surface area contributed by atoms with Crippen LogP contribution in [0.2, 0.25) is 0 Å². The number of fused-ring (bicyclic) bond motifs is 2. The van der Waals surface area contributed by atoms with Gasteiger partial charge in [-0.2, -0.15) is 13.2 Å². The first kappa shape index (κ1) is 28.2. The van der Waals surface area contributed by atoms with E-state index < -0.39 is 12.1 Å². The number of nitrogens with two attached hydrogens (primary N) is 1. The number of aromatic nitrogens is 4. The van der Waals surface area contributed by atoms with Gasteiger partial charge >= 0.3 is 17.8 Å². The fourth-order valence-corrected chi connectivity index (χ4v) is 4.66. The number of imidazole rings is 1. The maximum absolute atomic E-state index is 12.4. The number of aryl methyl sites for hydroxylation is 1. The Morgan fingerprint density at radius 3 is 2.48 bits per heavy atom. The molecule has 6 N–H and O–H groups in total. The number of benzene rings is 2. The molecule has 210 valence electrons. The summed E-state index contributed by atoms with van der Waals surface area (Å²) in [5.41, 5.74) is 12.5. The second-order valence-corrected chi connectivity index (χ2v) is 8.96. The zero-order valence-corrected chi connectivity index (χ0v) is 21.4. The van der Waals surface area contributed by atoms with Crippen LogP contribution in [0.3, 0.4) is 0 Å². The minimum absolute atomic E-state index is 0.179. The summed E-state index contributed by atoms with van der Waals surface area (Å²) >= 11 is 0. The summed E-state index contributed by atoms with van der Waals surface area (Å²) in [6.07, 6.45) is 2.32. The van der Waals surface area contributed by atoms with Gasteiger partial charge in [-0.3, -0.25) is 9.36 Å². The minimum atomic E-state index is -5.08. The Bertz CT molecular complexity index is 1730. The second-order valence-electron chi connectivity index (χ2n) is 8.96. The molecular weight excluding hydrogens is 529 g/mol. The molecule has 40 heavy (non-hydrogen) atoms. The molecule has 3 heterocycles. The van der Waals surface area contributed by atoms with Crippen LogP contribution in [0.15, 0.2) is 59.8 Å². The van der Waals surface area contributed by atoms with Gasteiger partial charge in [0, 0.05) is 71.7 Å². The molecule has 0 atom stereocenters. The van der Waals surface area contributed by atoms with E-state index in [0.29, 0.717) is 19.5 Å². The van der Waals surface area contributed by atoms with Crippen molar-refractivity contribution in [3.8, 4) is 22.4 Å². The van der Waals surface area contributed by atoms with Crippen LogP contribution in [-0.2, 0) is 29.7 Å². The van der Waals surface area contributed by atoms with Crippen LogP contribution in [0.1, 0.15) is 12.0 Å². The number of rotatable bonds is 8. The number of hydrogen-bond donors (Lipinski definition) is 5. The van der Waals surface area contributed by atoms with Gasteiger partial charge < -0.3 is 30.7 Å². The zero-order chi connectivity index (χ0) is 29.0. The van der Waals surface area contributed by atoms with E-state index in [4.69, 9.17) is 15.6 Å². The highest BCUT2D eigenvalue weighted by Crippen LogP contribution is 2.42. The third-order valence-electron chi connectivity index (χ3n) is 6.48. The van der Waals surface area contributed by atoms with Crippen LogP contribution in [0, 0.1) is 0 Å². The molecule has 0 radical (unpaired) electrons. The predicted molar refractivity (Wildman–Crippen MR) is 145 cm³/mol. The fraction of sp³-hybridized carbons (Fsp3) is 0.222. The van der Waals surface area contributed by atoms with Gasteiger partial charge in [0.05, 0.1) is 5.69 Å². The van der Waals surface area contributed by atoms with Gasteiger partial charge in [0.1, 0.15) is 0 Å². The largest absolute Gasteiger partial charge is 0.490 e. The van der Waals surface area contributed by atoms with E-state index in [0.717, 1.165) is 62.7 Å². The Balaban J connectivity index is 0.000000470. The molecule has 0 saturated heterocycles. The standard InChI is InChI=1S/C25H26N6O2.C2HF3O2/c1-30-22(13-29-25(30)33)24-18(7-8-20-23(24)16(12-28-20)11-27-15-32)19-14-31(10-4-9-26)21-6-3-2-5-17(19)21;3-2(4,5)1(6)7/h2-3,5-8,12-15,28H,4,9-11,26H2,1H3,(H,27,32)(H,29,33);(H,6,7). The van der Waals surface area contributed by atoms with E-state index in [1.807, 2.05) is 18.3 Å². The number of carbonyl (C=O) groups is 2. The van der Waals surface area contributed by atoms with Gasteiger partial charge in [-0.15, -0.1) is 0 Å². The van der Waals surface area contributed by atoms with Gasteiger partial charge in [0.2, 0.25) is 6.41 Å². The molecule has 0 spiro atoms. The molecule has 0 aliphatic heterocycles. The molecular formula is C27H27F3N6O4. The van der Waals surface area contributed by atoms with Crippen molar-refractivity contribution in [2.24, 2.45) is 12.8 Å². The first-order valence-corrected chi connectivity index (χ1v) is 12.2. The lowest BCUT2D eigenvalue weighted by atomic mass is 9.93. The number of aliphatic carboxylic acids is 1. The van der Waals surface area contributed by atoms with E-state index in [9.17, 15) is 22.8 Å². The Morgan fingerprint density at radius 2 is 1.85 bits per heavy atom. The number of aromatic amines is 2. The van der Waals surface area contributed by atoms with Crippen molar-refractivity contribution in [2.75, 3.05) is 6.54 Å². The van der Waals surface area contributed by atoms with Gasteiger partial charge in [-0.05, 0) is 36.2 Å². The van der Waals surface area contributed by atoms with Gasteiger partial charge in [-0.25, -0.2) is 9.59 Å². The highest BCUT2D eigenvalue weighted by Gasteiger charge is 2.38. The maximum Gasteiger partial charge on any atom is 0.490 e. The van der Waals surface area contributed by atoms with Crippen molar-refractivity contribution in [2.45, 2.75) is 25.7 Å². The quantitative estimate of drug-likeness (QED) is 0.185. The van der Waals surface area contributed by atoms with Gasteiger partial charge in [0.15, 0.2) is 0 Å². The summed E-state index contributed by atoms with van der Waals surface area (Å²) in [6, 6.07) is 12.5. The summed E-state index contributed by atoms with van der Waals surface area (Å²) < 4.78 is 35.6. The van der Waals surface area contributed by atoms with Gasteiger partial charge in [0.25, 0.3) is 0 Å². The van der Waals surface area contributed by atoms with Crippen LogP contribution in [0.4, 0.5) is 13.2 Å². The molecule has 0 fully saturated rings. The average Bonchev–Trinajstić information content (AvgIpc) is 3.61. The van der Waals surface area contributed by atoms with E-state index >= 15 is 0 Å². The smallest absolute Gasteiger partial charge is 0.475 e. The molecule has 5 rings (SSSR count). The number of carboxylic acid groups (broad SMARTS) is 1. The Hall–Kier alpha value is -4.78. The second kappa shape index (κ2) is 11.5. The van der Waals surface area contributed by atoms with Crippen LogP contribution >= 0.6 is 0 Å². The number of hydrogen-bond acceptors (Lipinski definition) is 4. The van der Waals surface area contributed by atoms with Crippen molar-refractivity contribution in [1.82, 2.24) is 24.4 Å². The first-order valence-electron chi connectivity index (χ1n) is 12.2. The van der Waals surface area contributed by atoms with Crippen molar-refractivity contribution < 1.29 is 27.9 Å². The fourth-order valence-electron chi connectivity index (χ4n) is 4.66. The minimum Gasteiger partial charge on any atom is -0.475 e. The van der Waals surface area contributed by atoms with Crippen molar-refractivity contribution in [3.63, 3.8) is 0 Å². The van der Waals surface area contributed by atoms with Crippen molar-refractivity contribution in [3.05, 3.63) is 71.0 Å². The van der Waals surface area contributed by atoms with Crippen LogP contribution in [0.5, 0.6) is 0 Å². The van der Waals surface area contributed by atoms with Crippen LogP contribution < -0.4 is 16.7 Å². The molecule has 0 aliphatic carbocycles. The van der Waals surface area contributed by atoms with E-state index in [1.54, 1.807) is 17.8 Å². The van der Waals surface area contributed by atoms with Crippen LogP contribution in [-0.4, -0.2) is 49.3 Å². The molecule has 2 aromatic carbocycles. The summed E-state index contributed by atoms with van der Waals surface area (Å²) in [6.45, 7) is 1.84. The summed E-state index contributed by atoms with van der Waals surface area (Å²) in [4.78, 5) is 38.4. The number of carboxylic acids is 1. The molecule has 10 nitrogen and oxygen atoms in total. The number of para-hydroxylation sites is 1. The van der Waals surface area contributed by atoms with E-state index in [-0.39, 0.29) is 5.69 Å². The highest BCUT2D eigenvalue weighted by molar-refractivity contribution is 6.08. The molecule has 3 aromatic heterocycles. The normalized spacial score (nSPS) is 11.4. The topological polar surface area (TPSA) is 151 Å². The average molecular weight is 557 g/mol. The lowest BCUT2D eigenvalue weighted by Crippen LogP contribution is -2.21. The summed E-state index contributed by atoms with van der Waals surface area (Å²) in [7, 11) is 1.76.